The number of rotatable bonds is 5. The summed E-state index contributed by atoms with van der Waals surface area (Å²) in [5.41, 5.74) is 2.80. The van der Waals surface area contributed by atoms with Gasteiger partial charge in [-0.25, -0.2) is 4.90 Å². The minimum atomic E-state index is -0.559. The highest BCUT2D eigenvalue weighted by atomic mass is 35.5. The van der Waals surface area contributed by atoms with Crippen molar-refractivity contribution >= 4 is 40.7 Å². The van der Waals surface area contributed by atoms with Crippen LogP contribution in [0.1, 0.15) is 48.5 Å². The Bertz CT molecular complexity index is 1050. The van der Waals surface area contributed by atoms with Gasteiger partial charge >= 0.3 is 0 Å². The minimum absolute atomic E-state index is 0.0181. The molecule has 0 atom stereocenters. The molecular formula is C25H26ClN3O3. The van der Waals surface area contributed by atoms with Gasteiger partial charge in [0, 0.05) is 24.3 Å². The zero-order valence-corrected chi connectivity index (χ0v) is 18.8. The number of carbonyl (C=O) groups is 3. The molecule has 1 N–H and O–H groups in total. The molecule has 2 heterocycles. The third-order valence-corrected chi connectivity index (χ3v) is 6.28. The van der Waals surface area contributed by atoms with Crippen molar-refractivity contribution in [2.24, 2.45) is 0 Å². The van der Waals surface area contributed by atoms with E-state index in [2.05, 4.69) is 5.32 Å². The van der Waals surface area contributed by atoms with Crippen molar-refractivity contribution in [3.05, 3.63) is 70.4 Å². The second kappa shape index (κ2) is 9.57. The van der Waals surface area contributed by atoms with E-state index in [4.69, 9.17) is 11.6 Å². The molecule has 2 aromatic rings. The zero-order valence-electron chi connectivity index (χ0n) is 18.1. The second-order valence-corrected chi connectivity index (χ2v) is 8.44. The fraction of sp³-hybridized carbons (Fsp3) is 0.320. The molecule has 0 bridgehead atoms. The molecule has 4 rings (SSSR count). The summed E-state index contributed by atoms with van der Waals surface area (Å²) in [5, 5.41) is 2.81. The van der Waals surface area contributed by atoms with Gasteiger partial charge in [0.05, 0.1) is 5.69 Å². The van der Waals surface area contributed by atoms with Crippen LogP contribution in [-0.2, 0) is 16.0 Å². The molecule has 0 aliphatic carbocycles. The van der Waals surface area contributed by atoms with Gasteiger partial charge in [-0.2, -0.15) is 0 Å². The third-order valence-electron chi connectivity index (χ3n) is 5.92. The normalized spacial score (nSPS) is 17.1. The van der Waals surface area contributed by atoms with Crippen LogP contribution in [0.25, 0.3) is 0 Å². The number of nitrogens with one attached hydrogen (secondary N) is 1. The Morgan fingerprint density at radius 3 is 2.12 bits per heavy atom. The Kier molecular flexibility index (Phi) is 6.61. The van der Waals surface area contributed by atoms with E-state index in [1.54, 1.807) is 36.4 Å². The maximum absolute atomic E-state index is 12.9. The number of hydrogen-bond donors (Lipinski definition) is 1. The Hall–Kier alpha value is -3.12. The third kappa shape index (κ3) is 4.41. The lowest BCUT2D eigenvalue weighted by Crippen LogP contribution is -2.32. The molecule has 2 aliphatic rings. The molecule has 2 aliphatic heterocycles. The molecule has 7 heteroatoms. The molecule has 0 saturated carbocycles. The van der Waals surface area contributed by atoms with Gasteiger partial charge in [0.1, 0.15) is 10.7 Å². The molecule has 0 unspecified atom stereocenters. The molecule has 3 amide bonds. The summed E-state index contributed by atoms with van der Waals surface area (Å²) in [7, 11) is 0. The fourth-order valence-electron chi connectivity index (χ4n) is 4.02. The Labute approximate surface area is 192 Å². The van der Waals surface area contributed by atoms with Gasteiger partial charge in [0.2, 0.25) is 0 Å². The summed E-state index contributed by atoms with van der Waals surface area (Å²) >= 11 is 6.22. The molecule has 6 nitrogen and oxygen atoms in total. The molecule has 32 heavy (non-hydrogen) atoms. The topological polar surface area (TPSA) is 69.7 Å². The van der Waals surface area contributed by atoms with E-state index in [0.29, 0.717) is 16.9 Å². The van der Waals surface area contributed by atoms with Gasteiger partial charge in [-0.05, 0) is 61.2 Å². The molecule has 0 radical (unpaired) electrons. The van der Waals surface area contributed by atoms with Crippen LogP contribution in [-0.4, -0.2) is 35.7 Å². The predicted octanol–water partition coefficient (Wildman–Crippen LogP) is 4.70. The number of benzene rings is 2. The number of aryl methyl sites for hydroxylation is 1. The van der Waals surface area contributed by atoms with E-state index < -0.39 is 11.8 Å². The lowest BCUT2D eigenvalue weighted by molar-refractivity contribution is -0.120. The standard InChI is InChI=1S/C25H26ClN3O3/c1-2-17-7-13-20(14-8-17)29-24(31)21(26)22(25(29)32)27-19-11-9-18(10-12-19)23(30)28-15-5-3-4-6-16-28/h7-14,27H,2-6,15-16H2,1H3. The summed E-state index contributed by atoms with van der Waals surface area (Å²) in [6.07, 6.45) is 5.26. The van der Waals surface area contributed by atoms with Gasteiger partial charge in [0.15, 0.2) is 0 Å². The van der Waals surface area contributed by atoms with Crippen molar-refractivity contribution in [1.29, 1.82) is 0 Å². The average molecular weight is 452 g/mol. The van der Waals surface area contributed by atoms with Crippen LogP contribution < -0.4 is 10.2 Å². The van der Waals surface area contributed by atoms with Crippen molar-refractivity contribution in [2.75, 3.05) is 23.3 Å². The maximum Gasteiger partial charge on any atom is 0.283 e. The largest absolute Gasteiger partial charge is 0.350 e. The highest BCUT2D eigenvalue weighted by Gasteiger charge is 2.38. The Balaban J connectivity index is 1.47. The highest BCUT2D eigenvalue weighted by molar-refractivity contribution is 6.53. The summed E-state index contributed by atoms with van der Waals surface area (Å²) < 4.78 is 0. The molecule has 1 saturated heterocycles. The van der Waals surface area contributed by atoms with E-state index >= 15 is 0 Å². The first-order chi connectivity index (χ1) is 15.5. The number of likely N-dealkylation sites (tertiary alicyclic amines) is 1. The van der Waals surface area contributed by atoms with E-state index in [0.717, 1.165) is 55.7 Å². The minimum Gasteiger partial charge on any atom is -0.350 e. The van der Waals surface area contributed by atoms with E-state index in [-0.39, 0.29) is 16.6 Å². The van der Waals surface area contributed by atoms with Crippen LogP contribution in [0.4, 0.5) is 11.4 Å². The number of nitrogens with zero attached hydrogens (tertiary/aromatic N) is 2. The van der Waals surface area contributed by atoms with Crippen LogP contribution in [0.2, 0.25) is 0 Å². The van der Waals surface area contributed by atoms with E-state index in [1.807, 2.05) is 24.0 Å². The van der Waals surface area contributed by atoms with E-state index in [1.165, 1.54) is 0 Å². The van der Waals surface area contributed by atoms with Crippen molar-refractivity contribution < 1.29 is 14.4 Å². The lowest BCUT2D eigenvalue weighted by Gasteiger charge is -2.20. The van der Waals surface area contributed by atoms with Gasteiger partial charge < -0.3 is 10.2 Å². The lowest BCUT2D eigenvalue weighted by atomic mass is 10.1. The van der Waals surface area contributed by atoms with Gasteiger partial charge in [-0.3, -0.25) is 14.4 Å². The summed E-state index contributed by atoms with van der Waals surface area (Å²) in [4.78, 5) is 41.3. The Morgan fingerprint density at radius 2 is 1.53 bits per heavy atom. The first-order valence-corrected chi connectivity index (χ1v) is 11.4. The van der Waals surface area contributed by atoms with Crippen molar-refractivity contribution in [1.82, 2.24) is 4.90 Å². The average Bonchev–Trinajstić information content (AvgIpc) is 3.02. The van der Waals surface area contributed by atoms with Crippen molar-refractivity contribution in [2.45, 2.75) is 39.0 Å². The molecule has 2 aromatic carbocycles. The predicted molar refractivity (Wildman–Crippen MR) is 126 cm³/mol. The highest BCUT2D eigenvalue weighted by Crippen LogP contribution is 2.30. The quantitative estimate of drug-likeness (QED) is 0.669. The zero-order chi connectivity index (χ0) is 22.7. The number of anilines is 2. The maximum atomic E-state index is 12.9. The monoisotopic (exact) mass is 451 g/mol. The van der Waals surface area contributed by atoms with Crippen LogP contribution in [0.5, 0.6) is 0 Å². The molecule has 1 fully saturated rings. The molecule has 0 aromatic heterocycles. The number of imide groups is 1. The van der Waals surface area contributed by atoms with Crippen molar-refractivity contribution in [3.8, 4) is 0 Å². The first-order valence-electron chi connectivity index (χ1n) is 11.0. The van der Waals surface area contributed by atoms with Crippen LogP contribution >= 0.6 is 11.6 Å². The number of amides is 3. The smallest absolute Gasteiger partial charge is 0.283 e. The van der Waals surface area contributed by atoms with Crippen LogP contribution in [0.15, 0.2) is 59.3 Å². The van der Waals surface area contributed by atoms with Crippen molar-refractivity contribution in [3.63, 3.8) is 0 Å². The molecule has 166 valence electrons. The van der Waals surface area contributed by atoms with Crippen LogP contribution in [0, 0.1) is 0 Å². The molecule has 0 spiro atoms. The summed E-state index contributed by atoms with van der Waals surface area (Å²) in [6.45, 7) is 3.61. The number of carbonyl (C=O) groups excluding carboxylic acids is 3. The second-order valence-electron chi connectivity index (χ2n) is 8.06. The van der Waals surface area contributed by atoms with Gasteiger partial charge in [0.25, 0.3) is 17.7 Å². The number of hydrogen-bond acceptors (Lipinski definition) is 4. The number of halogens is 1. The fourth-order valence-corrected chi connectivity index (χ4v) is 4.24. The SMILES string of the molecule is CCc1ccc(N2C(=O)C(Cl)=C(Nc3ccc(C(=O)N4CCCCCC4)cc3)C2=O)cc1. The van der Waals surface area contributed by atoms with E-state index in [9.17, 15) is 14.4 Å². The molecular weight excluding hydrogens is 426 g/mol. The summed E-state index contributed by atoms with van der Waals surface area (Å²) in [5.74, 6) is -1.05. The first kappa shape index (κ1) is 22.1. The van der Waals surface area contributed by atoms with Gasteiger partial charge in [-0.1, -0.05) is 43.5 Å². The summed E-state index contributed by atoms with van der Waals surface area (Å²) in [6, 6.07) is 14.1. The Morgan fingerprint density at radius 1 is 0.906 bits per heavy atom. The van der Waals surface area contributed by atoms with Gasteiger partial charge in [-0.15, -0.1) is 0 Å². The van der Waals surface area contributed by atoms with Crippen LogP contribution in [0.3, 0.4) is 0 Å².